The lowest BCUT2D eigenvalue weighted by atomic mass is 9.96. The van der Waals surface area contributed by atoms with Crippen LogP contribution in [0.1, 0.15) is 22.4 Å². The number of benzene rings is 1. The van der Waals surface area contributed by atoms with Crippen LogP contribution in [0.25, 0.3) is 5.65 Å². The minimum Gasteiger partial charge on any atom is -0.354 e. The summed E-state index contributed by atoms with van der Waals surface area (Å²) in [5.41, 5.74) is 6.97. The van der Waals surface area contributed by atoms with Gasteiger partial charge in [-0.25, -0.2) is 4.98 Å². The third-order valence-electron chi connectivity index (χ3n) is 6.77. The van der Waals surface area contributed by atoms with E-state index in [0.29, 0.717) is 0 Å². The predicted molar refractivity (Wildman–Crippen MR) is 116 cm³/mol. The number of para-hydroxylation sites is 1. The molecule has 0 aliphatic carbocycles. The molecule has 1 fully saturated rings. The van der Waals surface area contributed by atoms with Gasteiger partial charge in [0.25, 0.3) is 0 Å². The molecule has 0 spiro atoms. The second kappa shape index (κ2) is 6.80. The fourth-order valence-electron chi connectivity index (χ4n) is 5.24. The normalized spacial score (nSPS) is 18.8. The zero-order chi connectivity index (χ0) is 20.2. The van der Waals surface area contributed by atoms with Crippen LogP contribution in [0.15, 0.2) is 30.5 Å². The van der Waals surface area contributed by atoms with Gasteiger partial charge in [-0.2, -0.15) is 9.61 Å². The molecule has 7 nitrogen and oxygen atoms in total. The topological polar surface area (TPSA) is 65.8 Å². The lowest BCUT2D eigenvalue weighted by molar-refractivity contribution is -0.123. The van der Waals surface area contributed by atoms with Crippen molar-refractivity contribution in [3.63, 3.8) is 0 Å². The highest BCUT2D eigenvalue weighted by Gasteiger charge is 2.40. The molecular weight excluding hydrogens is 376 g/mol. The van der Waals surface area contributed by atoms with E-state index in [-0.39, 0.29) is 11.8 Å². The van der Waals surface area contributed by atoms with Crippen LogP contribution < -0.4 is 15.1 Å². The van der Waals surface area contributed by atoms with Crippen LogP contribution >= 0.6 is 0 Å². The van der Waals surface area contributed by atoms with E-state index in [9.17, 15) is 4.79 Å². The van der Waals surface area contributed by atoms with Gasteiger partial charge in [0.1, 0.15) is 5.82 Å². The van der Waals surface area contributed by atoms with Crippen LogP contribution in [0.2, 0.25) is 0 Å². The molecule has 3 aliphatic rings. The lowest BCUT2D eigenvalue weighted by Crippen LogP contribution is -2.55. The average molecular weight is 403 g/mol. The molecule has 0 radical (unpaired) electrons. The summed E-state index contributed by atoms with van der Waals surface area (Å²) in [4.78, 5) is 22.5. The van der Waals surface area contributed by atoms with E-state index in [0.717, 1.165) is 69.1 Å². The molecule has 7 heteroatoms. The van der Waals surface area contributed by atoms with Crippen LogP contribution in [0.4, 0.5) is 11.5 Å². The molecule has 1 aromatic carbocycles. The van der Waals surface area contributed by atoms with Crippen LogP contribution in [-0.2, 0) is 24.1 Å². The molecule has 2 aromatic heterocycles. The number of rotatable bonds is 2. The minimum absolute atomic E-state index is 0.0360. The van der Waals surface area contributed by atoms with Gasteiger partial charge in [-0.05, 0) is 37.4 Å². The quantitative estimate of drug-likeness (QED) is 0.708. The molecule has 0 bridgehead atoms. The van der Waals surface area contributed by atoms with Crippen molar-refractivity contribution < 1.29 is 4.79 Å². The number of aryl methyl sites for hydroxylation is 1. The molecule has 0 atom stereocenters. The maximum atomic E-state index is 13.3. The van der Waals surface area contributed by atoms with Gasteiger partial charge in [0.15, 0.2) is 5.65 Å². The lowest BCUT2D eigenvalue weighted by Gasteiger charge is -2.42. The van der Waals surface area contributed by atoms with Gasteiger partial charge < -0.3 is 15.1 Å². The van der Waals surface area contributed by atoms with Gasteiger partial charge in [0.05, 0.1) is 17.8 Å². The van der Waals surface area contributed by atoms with Gasteiger partial charge in [0.2, 0.25) is 5.91 Å². The van der Waals surface area contributed by atoms with Crippen LogP contribution in [-0.4, -0.2) is 53.2 Å². The van der Waals surface area contributed by atoms with Crippen molar-refractivity contribution in [1.82, 2.24) is 19.9 Å². The fourth-order valence-corrected chi connectivity index (χ4v) is 5.24. The van der Waals surface area contributed by atoms with Gasteiger partial charge in [-0.1, -0.05) is 18.2 Å². The molecule has 3 aromatic rings. The van der Waals surface area contributed by atoms with E-state index in [1.165, 1.54) is 22.4 Å². The average Bonchev–Trinajstić information content (AvgIpc) is 3.28. The predicted octanol–water partition coefficient (Wildman–Crippen LogP) is 1.75. The Bertz CT molecular complexity index is 1150. The molecule has 1 saturated heterocycles. The van der Waals surface area contributed by atoms with E-state index in [1.54, 1.807) is 0 Å². The summed E-state index contributed by atoms with van der Waals surface area (Å²) in [7, 11) is 0. The Morgan fingerprint density at radius 2 is 2.00 bits per heavy atom. The van der Waals surface area contributed by atoms with E-state index >= 15 is 0 Å². The van der Waals surface area contributed by atoms with Crippen LogP contribution in [0.5, 0.6) is 0 Å². The summed E-state index contributed by atoms with van der Waals surface area (Å²) >= 11 is 0. The smallest absolute Gasteiger partial charge is 0.233 e. The number of carbonyl (C=O) groups is 1. The number of anilines is 2. The van der Waals surface area contributed by atoms with Crippen molar-refractivity contribution in [3.8, 4) is 0 Å². The summed E-state index contributed by atoms with van der Waals surface area (Å²) in [6.45, 7) is 6.30. The summed E-state index contributed by atoms with van der Waals surface area (Å²) < 4.78 is 1.96. The second-order valence-electron chi connectivity index (χ2n) is 8.64. The van der Waals surface area contributed by atoms with Crippen LogP contribution in [0, 0.1) is 12.8 Å². The number of nitrogens with zero attached hydrogens (tertiary/aromatic N) is 5. The molecule has 30 heavy (non-hydrogen) atoms. The summed E-state index contributed by atoms with van der Waals surface area (Å²) in [5.74, 6) is 1.43. The highest BCUT2D eigenvalue weighted by atomic mass is 16.2. The van der Waals surface area contributed by atoms with Gasteiger partial charge >= 0.3 is 0 Å². The van der Waals surface area contributed by atoms with Gasteiger partial charge in [-0.3, -0.25) is 4.79 Å². The first-order chi connectivity index (χ1) is 14.7. The Morgan fingerprint density at radius 1 is 1.13 bits per heavy atom. The molecule has 5 heterocycles. The monoisotopic (exact) mass is 402 g/mol. The first-order valence-electron chi connectivity index (χ1n) is 10.9. The van der Waals surface area contributed by atoms with E-state index < -0.39 is 0 Å². The third kappa shape index (κ3) is 2.65. The Morgan fingerprint density at radius 3 is 2.90 bits per heavy atom. The number of hydrogen-bond acceptors (Lipinski definition) is 5. The summed E-state index contributed by atoms with van der Waals surface area (Å²) in [6, 6.07) is 8.31. The third-order valence-corrected chi connectivity index (χ3v) is 6.77. The van der Waals surface area contributed by atoms with E-state index in [1.807, 2.05) is 21.7 Å². The molecule has 1 N–H and O–H groups in total. The first-order valence-corrected chi connectivity index (χ1v) is 10.9. The number of fused-ring (bicyclic) bond motifs is 3. The Balaban J connectivity index is 1.28. The molecule has 0 unspecified atom stereocenters. The van der Waals surface area contributed by atoms with Crippen molar-refractivity contribution in [2.75, 3.05) is 42.5 Å². The number of hydrogen-bond donors (Lipinski definition) is 1. The van der Waals surface area contributed by atoms with Crippen molar-refractivity contribution in [2.45, 2.75) is 26.2 Å². The Kier molecular flexibility index (Phi) is 4.06. The SMILES string of the molecule is Cc1cccc2c1N(C(=O)C1CN(c3c4c(nc5ccnn35)CCNCC4)C1)CC2. The number of nitrogens with one attached hydrogen (secondary N) is 1. The summed E-state index contributed by atoms with van der Waals surface area (Å²) in [6.07, 6.45) is 4.65. The second-order valence-corrected chi connectivity index (χ2v) is 8.64. The summed E-state index contributed by atoms with van der Waals surface area (Å²) in [5, 5.41) is 8.02. The first kappa shape index (κ1) is 17.9. The van der Waals surface area contributed by atoms with E-state index in [2.05, 4.69) is 40.4 Å². The maximum absolute atomic E-state index is 13.3. The maximum Gasteiger partial charge on any atom is 0.233 e. The molecule has 0 saturated carbocycles. The highest BCUT2D eigenvalue weighted by Crippen LogP contribution is 2.36. The molecular formula is C23H26N6O. The number of amides is 1. The van der Waals surface area contributed by atoms with Gasteiger partial charge in [-0.15, -0.1) is 0 Å². The van der Waals surface area contributed by atoms with Crippen LogP contribution in [0.3, 0.4) is 0 Å². The van der Waals surface area contributed by atoms with Gasteiger partial charge in [0, 0.05) is 49.9 Å². The Hall–Kier alpha value is -2.93. The number of carbonyl (C=O) groups excluding carboxylic acids is 1. The van der Waals surface area contributed by atoms with Crippen molar-refractivity contribution in [3.05, 3.63) is 52.8 Å². The Labute approximate surface area is 175 Å². The molecule has 1 amide bonds. The minimum atomic E-state index is 0.0360. The van der Waals surface area contributed by atoms with E-state index in [4.69, 9.17) is 4.98 Å². The highest BCUT2D eigenvalue weighted by molar-refractivity contribution is 5.99. The number of aromatic nitrogens is 3. The zero-order valence-electron chi connectivity index (χ0n) is 17.3. The zero-order valence-corrected chi connectivity index (χ0v) is 17.3. The standard InChI is InChI=1S/C23H26N6O/c1-15-3-2-4-16-8-12-28(21(15)16)23(30)17-13-27(14-17)22-18-5-9-24-10-6-19(18)26-20-7-11-25-29(20)22/h2-4,7,11,17,24H,5-6,8-10,12-14H2,1H3. The molecule has 3 aliphatic heterocycles. The van der Waals surface area contributed by atoms with Crippen molar-refractivity contribution in [2.24, 2.45) is 5.92 Å². The largest absolute Gasteiger partial charge is 0.354 e. The van der Waals surface area contributed by atoms with Crippen molar-refractivity contribution in [1.29, 1.82) is 0 Å². The molecule has 6 rings (SSSR count). The molecule has 154 valence electrons. The van der Waals surface area contributed by atoms with Crippen molar-refractivity contribution >= 4 is 23.1 Å². The fraction of sp³-hybridized carbons (Fsp3) is 0.435.